The SMILES string of the molecule is O=C(Nc1ccccc1F)c1ccc(-c2cccc(Cl)c2Cl)o1. The van der Waals surface area contributed by atoms with Gasteiger partial charge in [-0.1, -0.05) is 41.4 Å². The second-order valence-electron chi connectivity index (χ2n) is 4.70. The van der Waals surface area contributed by atoms with Crippen LogP contribution in [-0.2, 0) is 0 Å². The van der Waals surface area contributed by atoms with Crippen molar-refractivity contribution in [2.24, 2.45) is 0 Å². The molecule has 1 heterocycles. The van der Waals surface area contributed by atoms with Gasteiger partial charge in [0.25, 0.3) is 5.91 Å². The molecule has 0 bridgehead atoms. The monoisotopic (exact) mass is 349 g/mol. The lowest BCUT2D eigenvalue weighted by atomic mass is 10.2. The van der Waals surface area contributed by atoms with Crippen LogP contribution in [0.1, 0.15) is 10.6 Å². The highest BCUT2D eigenvalue weighted by Gasteiger charge is 2.16. The zero-order valence-corrected chi connectivity index (χ0v) is 13.2. The van der Waals surface area contributed by atoms with E-state index < -0.39 is 11.7 Å². The van der Waals surface area contributed by atoms with E-state index in [-0.39, 0.29) is 11.4 Å². The average Bonchev–Trinajstić information content (AvgIpc) is 3.02. The number of hydrogen-bond donors (Lipinski definition) is 1. The Morgan fingerprint density at radius 1 is 1.00 bits per heavy atom. The van der Waals surface area contributed by atoms with Gasteiger partial charge in [-0.05, 0) is 36.4 Å². The van der Waals surface area contributed by atoms with Crippen molar-refractivity contribution in [2.75, 3.05) is 5.32 Å². The highest BCUT2D eigenvalue weighted by atomic mass is 35.5. The van der Waals surface area contributed by atoms with Crippen molar-refractivity contribution in [2.45, 2.75) is 0 Å². The van der Waals surface area contributed by atoms with Gasteiger partial charge in [-0.3, -0.25) is 4.79 Å². The van der Waals surface area contributed by atoms with E-state index in [0.29, 0.717) is 21.4 Å². The fraction of sp³-hybridized carbons (Fsp3) is 0. The molecule has 116 valence electrons. The molecular weight excluding hydrogens is 340 g/mol. The highest BCUT2D eigenvalue weighted by Crippen LogP contribution is 2.34. The zero-order chi connectivity index (χ0) is 16.4. The van der Waals surface area contributed by atoms with Crippen molar-refractivity contribution in [3.8, 4) is 11.3 Å². The molecule has 0 aliphatic carbocycles. The molecular formula is C17H10Cl2FNO2. The van der Waals surface area contributed by atoms with Gasteiger partial charge in [0.15, 0.2) is 5.76 Å². The first-order valence-corrected chi connectivity index (χ1v) is 7.42. The Kier molecular flexibility index (Phi) is 4.37. The molecule has 0 saturated heterocycles. The van der Waals surface area contributed by atoms with Gasteiger partial charge >= 0.3 is 0 Å². The number of anilines is 1. The average molecular weight is 350 g/mol. The van der Waals surface area contributed by atoms with Gasteiger partial charge in [0.1, 0.15) is 11.6 Å². The Morgan fingerprint density at radius 2 is 1.78 bits per heavy atom. The van der Waals surface area contributed by atoms with Crippen LogP contribution in [0.5, 0.6) is 0 Å². The topological polar surface area (TPSA) is 42.2 Å². The number of hydrogen-bond acceptors (Lipinski definition) is 2. The van der Waals surface area contributed by atoms with E-state index in [0.717, 1.165) is 0 Å². The van der Waals surface area contributed by atoms with Gasteiger partial charge < -0.3 is 9.73 Å². The highest BCUT2D eigenvalue weighted by molar-refractivity contribution is 6.43. The third kappa shape index (κ3) is 3.23. The van der Waals surface area contributed by atoms with Crippen molar-refractivity contribution in [1.82, 2.24) is 0 Å². The lowest BCUT2D eigenvalue weighted by Crippen LogP contribution is -2.11. The van der Waals surface area contributed by atoms with Crippen LogP contribution in [0, 0.1) is 5.82 Å². The number of nitrogens with one attached hydrogen (secondary N) is 1. The molecule has 0 radical (unpaired) electrons. The third-order valence-electron chi connectivity index (χ3n) is 3.17. The number of rotatable bonds is 3. The zero-order valence-electron chi connectivity index (χ0n) is 11.6. The van der Waals surface area contributed by atoms with E-state index in [1.54, 1.807) is 30.3 Å². The van der Waals surface area contributed by atoms with Crippen LogP contribution in [0.2, 0.25) is 10.0 Å². The summed E-state index contributed by atoms with van der Waals surface area (Å²) in [5.41, 5.74) is 0.653. The van der Waals surface area contributed by atoms with E-state index in [4.69, 9.17) is 27.6 Å². The van der Waals surface area contributed by atoms with Gasteiger partial charge in [0, 0.05) is 5.56 Å². The van der Waals surface area contributed by atoms with E-state index >= 15 is 0 Å². The number of benzene rings is 2. The number of furan rings is 1. The van der Waals surface area contributed by atoms with Crippen LogP contribution < -0.4 is 5.32 Å². The van der Waals surface area contributed by atoms with Gasteiger partial charge in [-0.15, -0.1) is 0 Å². The summed E-state index contributed by atoms with van der Waals surface area (Å²) in [7, 11) is 0. The first-order chi connectivity index (χ1) is 11.1. The minimum Gasteiger partial charge on any atom is -0.451 e. The Balaban J connectivity index is 1.86. The van der Waals surface area contributed by atoms with Crippen molar-refractivity contribution >= 4 is 34.8 Å². The van der Waals surface area contributed by atoms with Crippen molar-refractivity contribution < 1.29 is 13.6 Å². The van der Waals surface area contributed by atoms with Crippen LogP contribution in [0.25, 0.3) is 11.3 Å². The standard InChI is InChI=1S/C17H10Cl2FNO2/c18-11-5-3-4-10(16(11)19)14-8-9-15(23-14)17(22)21-13-7-2-1-6-12(13)20/h1-9H,(H,21,22). The molecule has 0 unspecified atom stereocenters. The molecule has 1 N–H and O–H groups in total. The van der Waals surface area contributed by atoms with Crippen LogP contribution in [0.4, 0.5) is 10.1 Å². The first-order valence-electron chi connectivity index (χ1n) is 6.66. The van der Waals surface area contributed by atoms with Crippen molar-refractivity contribution in [1.29, 1.82) is 0 Å². The number of para-hydroxylation sites is 1. The van der Waals surface area contributed by atoms with E-state index in [1.165, 1.54) is 24.3 Å². The van der Waals surface area contributed by atoms with E-state index in [1.807, 2.05) is 0 Å². The summed E-state index contributed by atoms with van der Waals surface area (Å²) in [5, 5.41) is 3.18. The normalized spacial score (nSPS) is 10.6. The summed E-state index contributed by atoms with van der Waals surface area (Å²) < 4.78 is 19.1. The third-order valence-corrected chi connectivity index (χ3v) is 3.99. The fourth-order valence-corrected chi connectivity index (χ4v) is 2.44. The second kappa shape index (κ2) is 6.44. The predicted octanol–water partition coefficient (Wildman–Crippen LogP) is 5.64. The summed E-state index contributed by atoms with van der Waals surface area (Å²) in [4.78, 5) is 12.1. The molecule has 6 heteroatoms. The van der Waals surface area contributed by atoms with Gasteiger partial charge in [0.05, 0.1) is 15.7 Å². The molecule has 3 nitrogen and oxygen atoms in total. The summed E-state index contributed by atoms with van der Waals surface area (Å²) in [6, 6.07) is 14.1. The lowest BCUT2D eigenvalue weighted by molar-refractivity contribution is 0.0997. The molecule has 0 spiro atoms. The van der Waals surface area contributed by atoms with Crippen LogP contribution >= 0.6 is 23.2 Å². The molecule has 3 aromatic rings. The van der Waals surface area contributed by atoms with Gasteiger partial charge in [0.2, 0.25) is 0 Å². The molecule has 0 atom stereocenters. The minimum atomic E-state index is -0.556. The molecule has 0 saturated carbocycles. The quantitative estimate of drug-likeness (QED) is 0.664. The van der Waals surface area contributed by atoms with Crippen molar-refractivity contribution in [3.63, 3.8) is 0 Å². The Hall–Kier alpha value is -2.30. The summed E-state index contributed by atoms with van der Waals surface area (Å²) >= 11 is 12.1. The fourth-order valence-electron chi connectivity index (χ4n) is 2.05. The van der Waals surface area contributed by atoms with Crippen LogP contribution in [0.15, 0.2) is 59.0 Å². The van der Waals surface area contributed by atoms with Crippen LogP contribution in [-0.4, -0.2) is 5.91 Å². The van der Waals surface area contributed by atoms with Crippen molar-refractivity contribution in [3.05, 3.63) is 76.2 Å². The number of halogens is 3. The van der Waals surface area contributed by atoms with Crippen LogP contribution in [0.3, 0.4) is 0 Å². The number of carbonyl (C=O) groups is 1. The maximum absolute atomic E-state index is 13.6. The van der Waals surface area contributed by atoms with E-state index in [2.05, 4.69) is 5.32 Å². The maximum atomic E-state index is 13.6. The Labute approximate surface area is 141 Å². The van der Waals surface area contributed by atoms with Gasteiger partial charge in [-0.2, -0.15) is 0 Å². The maximum Gasteiger partial charge on any atom is 0.291 e. The summed E-state index contributed by atoms with van der Waals surface area (Å²) in [6.07, 6.45) is 0. The molecule has 2 aromatic carbocycles. The smallest absolute Gasteiger partial charge is 0.291 e. The lowest BCUT2D eigenvalue weighted by Gasteiger charge is -2.04. The molecule has 1 aromatic heterocycles. The van der Waals surface area contributed by atoms with Gasteiger partial charge in [-0.25, -0.2) is 4.39 Å². The molecule has 23 heavy (non-hydrogen) atoms. The molecule has 0 fully saturated rings. The second-order valence-corrected chi connectivity index (χ2v) is 5.48. The first kappa shape index (κ1) is 15.6. The molecule has 3 rings (SSSR count). The molecule has 1 amide bonds. The Morgan fingerprint density at radius 3 is 2.57 bits per heavy atom. The number of carbonyl (C=O) groups excluding carboxylic acids is 1. The summed E-state index contributed by atoms with van der Waals surface area (Å²) in [5.74, 6) is -0.638. The summed E-state index contributed by atoms with van der Waals surface area (Å²) in [6.45, 7) is 0. The Bertz CT molecular complexity index is 877. The molecule has 0 aliphatic heterocycles. The predicted molar refractivity (Wildman–Crippen MR) is 88.5 cm³/mol. The number of amides is 1. The largest absolute Gasteiger partial charge is 0.451 e. The minimum absolute atomic E-state index is 0.0410. The molecule has 0 aliphatic rings. The van der Waals surface area contributed by atoms with E-state index in [9.17, 15) is 9.18 Å².